The highest BCUT2D eigenvalue weighted by Crippen LogP contribution is 2.18. The summed E-state index contributed by atoms with van der Waals surface area (Å²) in [6.07, 6.45) is 3.75. The monoisotopic (exact) mass is 264 g/mol. The van der Waals surface area contributed by atoms with E-state index in [9.17, 15) is 10.1 Å². The third kappa shape index (κ3) is 4.01. The number of benzene rings is 1. The van der Waals surface area contributed by atoms with Crippen molar-refractivity contribution < 1.29 is 9.66 Å². The van der Waals surface area contributed by atoms with Crippen LogP contribution in [0.15, 0.2) is 24.3 Å². The molecule has 0 amide bonds. The Kier molecular flexibility index (Phi) is 4.87. The summed E-state index contributed by atoms with van der Waals surface area (Å²) in [5.74, 6) is 0. The maximum absolute atomic E-state index is 10.6. The third-order valence-electron chi connectivity index (χ3n) is 3.54. The maximum Gasteiger partial charge on any atom is 0.269 e. The molecule has 104 valence electrons. The second-order valence-corrected chi connectivity index (χ2v) is 4.95. The van der Waals surface area contributed by atoms with E-state index in [1.807, 2.05) is 12.1 Å². The van der Waals surface area contributed by atoms with E-state index in [4.69, 9.17) is 4.74 Å². The van der Waals surface area contributed by atoms with Gasteiger partial charge in [0.1, 0.15) is 0 Å². The molecular formula is C14H20N2O3. The number of hydrogen-bond donors (Lipinski definition) is 1. The number of rotatable bonds is 6. The summed E-state index contributed by atoms with van der Waals surface area (Å²) in [7, 11) is 0. The fourth-order valence-corrected chi connectivity index (χ4v) is 2.34. The van der Waals surface area contributed by atoms with E-state index in [1.165, 1.54) is 6.42 Å². The number of ether oxygens (including phenoxy) is 1. The molecule has 0 aliphatic carbocycles. The van der Waals surface area contributed by atoms with Crippen LogP contribution in [-0.4, -0.2) is 24.2 Å². The number of nitrogens with one attached hydrogen (secondary N) is 1. The van der Waals surface area contributed by atoms with E-state index in [0.717, 1.165) is 31.6 Å². The number of non-ortho nitro benzene ring substituents is 1. The lowest BCUT2D eigenvalue weighted by atomic mass is 10.1. The average molecular weight is 264 g/mol. The Morgan fingerprint density at radius 3 is 2.79 bits per heavy atom. The zero-order valence-corrected chi connectivity index (χ0v) is 11.2. The van der Waals surface area contributed by atoms with E-state index >= 15 is 0 Å². The topological polar surface area (TPSA) is 64.4 Å². The Bertz CT molecular complexity index is 413. The van der Waals surface area contributed by atoms with Crippen LogP contribution in [0, 0.1) is 10.1 Å². The van der Waals surface area contributed by atoms with Gasteiger partial charge < -0.3 is 10.1 Å². The highest BCUT2D eigenvalue weighted by molar-refractivity contribution is 5.33. The van der Waals surface area contributed by atoms with Gasteiger partial charge in [-0.25, -0.2) is 0 Å². The molecule has 1 fully saturated rings. The lowest BCUT2D eigenvalue weighted by Gasteiger charge is -2.16. The summed E-state index contributed by atoms with van der Waals surface area (Å²) < 4.78 is 5.57. The van der Waals surface area contributed by atoms with Gasteiger partial charge >= 0.3 is 0 Å². The van der Waals surface area contributed by atoms with Crippen LogP contribution in [0.3, 0.4) is 0 Å². The normalized spacial score (nSPS) is 20.4. The van der Waals surface area contributed by atoms with Gasteiger partial charge in [-0.1, -0.05) is 12.1 Å². The van der Waals surface area contributed by atoms with Crippen LogP contribution in [0.5, 0.6) is 0 Å². The van der Waals surface area contributed by atoms with Gasteiger partial charge in [-0.2, -0.15) is 0 Å². The molecule has 0 bridgehead atoms. The summed E-state index contributed by atoms with van der Waals surface area (Å²) in [4.78, 5) is 10.2. The third-order valence-corrected chi connectivity index (χ3v) is 3.54. The van der Waals surface area contributed by atoms with Crippen LogP contribution in [-0.2, 0) is 4.74 Å². The Morgan fingerprint density at radius 1 is 1.47 bits per heavy atom. The first-order chi connectivity index (χ1) is 9.16. The van der Waals surface area contributed by atoms with Gasteiger partial charge in [0.25, 0.3) is 5.69 Å². The standard InChI is InChI=1S/C14H20N2O3/c1-11(15-9-8-14-3-2-10-19-14)12-4-6-13(7-5-12)16(17)18/h4-7,11,14-15H,2-3,8-10H2,1H3. The zero-order valence-electron chi connectivity index (χ0n) is 11.2. The summed E-state index contributed by atoms with van der Waals surface area (Å²) in [5.41, 5.74) is 1.20. The molecule has 1 aromatic rings. The number of nitro groups is 1. The van der Waals surface area contributed by atoms with Crippen molar-refractivity contribution >= 4 is 5.69 Å². The highest BCUT2D eigenvalue weighted by Gasteiger charge is 2.15. The SMILES string of the molecule is CC(NCCC1CCCO1)c1ccc([N+](=O)[O-])cc1. The first-order valence-corrected chi connectivity index (χ1v) is 6.76. The molecule has 1 saturated heterocycles. The van der Waals surface area contributed by atoms with Gasteiger partial charge in [0.2, 0.25) is 0 Å². The van der Waals surface area contributed by atoms with E-state index < -0.39 is 0 Å². The molecule has 0 spiro atoms. The van der Waals surface area contributed by atoms with Crippen molar-refractivity contribution in [1.82, 2.24) is 5.32 Å². The Labute approximate surface area is 113 Å². The van der Waals surface area contributed by atoms with Crippen LogP contribution < -0.4 is 5.32 Å². The van der Waals surface area contributed by atoms with Crippen molar-refractivity contribution in [3.8, 4) is 0 Å². The minimum Gasteiger partial charge on any atom is -0.378 e. The van der Waals surface area contributed by atoms with Crippen LogP contribution in [0.25, 0.3) is 0 Å². The fourth-order valence-electron chi connectivity index (χ4n) is 2.34. The molecule has 1 aliphatic rings. The largest absolute Gasteiger partial charge is 0.378 e. The molecule has 1 N–H and O–H groups in total. The molecule has 0 radical (unpaired) electrons. The molecule has 2 atom stereocenters. The van der Waals surface area contributed by atoms with Crippen LogP contribution in [0.1, 0.15) is 37.8 Å². The predicted molar refractivity (Wildman–Crippen MR) is 73.1 cm³/mol. The summed E-state index contributed by atoms with van der Waals surface area (Å²) >= 11 is 0. The molecule has 0 saturated carbocycles. The van der Waals surface area contributed by atoms with Crippen molar-refractivity contribution in [1.29, 1.82) is 0 Å². The van der Waals surface area contributed by atoms with Crippen molar-refractivity contribution in [2.45, 2.75) is 38.3 Å². The highest BCUT2D eigenvalue weighted by atomic mass is 16.6. The van der Waals surface area contributed by atoms with Gasteiger partial charge in [0, 0.05) is 24.8 Å². The van der Waals surface area contributed by atoms with E-state index in [2.05, 4.69) is 12.2 Å². The molecule has 2 rings (SSSR count). The second kappa shape index (κ2) is 6.63. The van der Waals surface area contributed by atoms with Gasteiger partial charge in [-0.3, -0.25) is 10.1 Å². The minimum absolute atomic E-state index is 0.135. The van der Waals surface area contributed by atoms with Crippen molar-refractivity contribution in [2.75, 3.05) is 13.2 Å². The molecule has 5 nitrogen and oxygen atoms in total. The smallest absolute Gasteiger partial charge is 0.269 e. The van der Waals surface area contributed by atoms with Gasteiger partial charge in [-0.05, 0) is 38.3 Å². The van der Waals surface area contributed by atoms with Crippen LogP contribution in [0.2, 0.25) is 0 Å². The molecule has 0 aromatic heterocycles. The summed E-state index contributed by atoms with van der Waals surface area (Å²) in [6, 6.07) is 6.91. The summed E-state index contributed by atoms with van der Waals surface area (Å²) in [5, 5.41) is 14.0. The first-order valence-electron chi connectivity index (χ1n) is 6.76. The lowest BCUT2D eigenvalue weighted by molar-refractivity contribution is -0.384. The van der Waals surface area contributed by atoms with Gasteiger partial charge in [0.05, 0.1) is 11.0 Å². The quantitative estimate of drug-likeness (QED) is 0.634. The van der Waals surface area contributed by atoms with Crippen molar-refractivity contribution in [2.24, 2.45) is 0 Å². The van der Waals surface area contributed by atoms with Gasteiger partial charge in [0.15, 0.2) is 0 Å². The predicted octanol–water partition coefficient (Wildman–Crippen LogP) is 2.81. The molecule has 2 unspecified atom stereocenters. The first kappa shape index (κ1) is 14.0. The number of nitrogens with zero attached hydrogens (tertiary/aromatic N) is 1. The second-order valence-electron chi connectivity index (χ2n) is 4.95. The van der Waals surface area contributed by atoms with E-state index in [0.29, 0.717) is 6.10 Å². The molecule has 5 heteroatoms. The molecule has 1 aromatic carbocycles. The minimum atomic E-state index is -0.376. The van der Waals surface area contributed by atoms with Crippen molar-refractivity contribution in [3.63, 3.8) is 0 Å². The Hall–Kier alpha value is -1.46. The number of hydrogen-bond acceptors (Lipinski definition) is 4. The Balaban J connectivity index is 1.78. The van der Waals surface area contributed by atoms with E-state index in [-0.39, 0.29) is 16.7 Å². The number of nitro benzene ring substituents is 1. The zero-order chi connectivity index (χ0) is 13.7. The van der Waals surface area contributed by atoms with E-state index in [1.54, 1.807) is 12.1 Å². The fraction of sp³-hybridized carbons (Fsp3) is 0.571. The average Bonchev–Trinajstić information content (AvgIpc) is 2.92. The lowest BCUT2D eigenvalue weighted by Crippen LogP contribution is -2.23. The van der Waals surface area contributed by atoms with Crippen LogP contribution in [0.4, 0.5) is 5.69 Å². The molecular weight excluding hydrogens is 244 g/mol. The molecule has 19 heavy (non-hydrogen) atoms. The molecule has 1 heterocycles. The summed E-state index contributed by atoms with van der Waals surface area (Å²) in [6.45, 7) is 3.86. The molecule has 1 aliphatic heterocycles. The van der Waals surface area contributed by atoms with Crippen molar-refractivity contribution in [3.05, 3.63) is 39.9 Å². The van der Waals surface area contributed by atoms with Gasteiger partial charge in [-0.15, -0.1) is 0 Å². The Morgan fingerprint density at radius 2 is 2.21 bits per heavy atom. The van der Waals surface area contributed by atoms with Crippen LogP contribution >= 0.6 is 0 Å². The maximum atomic E-state index is 10.6.